The van der Waals surface area contributed by atoms with Crippen LogP contribution in [0.25, 0.3) is 0 Å². The Bertz CT molecular complexity index is 395. The summed E-state index contributed by atoms with van der Waals surface area (Å²) in [5.41, 5.74) is 0. The molecule has 1 saturated carbocycles. The molecule has 0 aromatic carbocycles. The fourth-order valence-electron chi connectivity index (χ4n) is 3.61. The molecule has 0 bridgehead atoms. The van der Waals surface area contributed by atoms with Gasteiger partial charge in [-0.3, -0.25) is 4.90 Å². The van der Waals surface area contributed by atoms with E-state index >= 15 is 0 Å². The highest BCUT2D eigenvalue weighted by Crippen LogP contribution is 2.26. The summed E-state index contributed by atoms with van der Waals surface area (Å²) in [7, 11) is -3.10. The number of aliphatic hydroxyl groups is 1. The van der Waals surface area contributed by atoms with Crippen molar-refractivity contribution in [3.05, 3.63) is 0 Å². The maximum atomic E-state index is 12.5. The summed E-state index contributed by atoms with van der Waals surface area (Å²) in [6, 6.07) is 0.174. The van der Waals surface area contributed by atoms with Crippen LogP contribution in [0, 0.1) is 5.92 Å². The van der Waals surface area contributed by atoms with E-state index < -0.39 is 10.0 Å². The molecule has 1 heterocycles. The topological polar surface area (TPSA) is 60.9 Å². The molecule has 1 unspecified atom stereocenters. The van der Waals surface area contributed by atoms with Gasteiger partial charge in [0.2, 0.25) is 10.0 Å². The molecule has 0 amide bonds. The number of rotatable bonds is 6. The number of sulfonamides is 1. The van der Waals surface area contributed by atoms with Crippen molar-refractivity contribution in [3.8, 4) is 0 Å². The standard InChI is InChI=1S/C15H30N2O3S/c1-2-15(12-18)16-8-10-17(11-9-16)21(19,20)13-14-6-4-3-5-7-14/h14-15,18H,2-13H2,1H3. The second-order valence-corrected chi connectivity index (χ2v) is 8.48. The van der Waals surface area contributed by atoms with Crippen LogP contribution in [-0.4, -0.2) is 67.3 Å². The third-order valence-corrected chi connectivity index (χ3v) is 7.08. The summed E-state index contributed by atoms with van der Waals surface area (Å²) in [5.74, 6) is 0.701. The first kappa shape index (κ1) is 17.2. The SMILES string of the molecule is CCC(CO)N1CCN(S(=O)(=O)CC2CCCCC2)CC1. The second kappa shape index (κ2) is 7.90. The van der Waals surface area contributed by atoms with Crippen LogP contribution in [0.15, 0.2) is 0 Å². The molecule has 6 heteroatoms. The number of nitrogens with zero attached hydrogens (tertiary/aromatic N) is 2. The Hall–Kier alpha value is -0.170. The molecule has 0 aromatic rings. The third kappa shape index (κ3) is 4.65. The van der Waals surface area contributed by atoms with Crippen molar-refractivity contribution in [3.63, 3.8) is 0 Å². The van der Waals surface area contributed by atoms with Crippen molar-refractivity contribution in [2.75, 3.05) is 38.5 Å². The molecule has 1 atom stereocenters. The molecule has 0 aromatic heterocycles. The number of hydrogen-bond acceptors (Lipinski definition) is 4. The molecular formula is C15H30N2O3S. The Labute approximate surface area is 129 Å². The normalized spacial score (nSPS) is 25.0. The van der Waals surface area contributed by atoms with E-state index in [0.717, 1.165) is 32.4 Å². The van der Waals surface area contributed by atoms with Gasteiger partial charge in [-0.05, 0) is 25.2 Å². The zero-order chi connectivity index (χ0) is 15.3. The molecule has 124 valence electrons. The minimum Gasteiger partial charge on any atom is -0.395 e. The summed E-state index contributed by atoms with van der Waals surface area (Å²) >= 11 is 0. The summed E-state index contributed by atoms with van der Waals surface area (Å²) < 4.78 is 26.7. The molecule has 1 aliphatic carbocycles. The lowest BCUT2D eigenvalue weighted by Crippen LogP contribution is -2.53. The van der Waals surface area contributed by atoms with Gasteiger partial charge in [-0.1, -0.05) is 26.2 Å². The largest absolute Gasteiger partial charge is 0.395 e. The van der Waals surface area contributed by atoms with E-state index in [-0.39, 0.29) is 12.6 Å². The van der Waals surface area contributed by atoms with E-state index in [1.54, 1.807) is 4.31 Å². The molecule has 2 rings (SSSR count). The third-order valence-electron chi connectivity index (χ3n) is 5.04. The molecule has 2 aliphatic rings. The zero-order valence-corrected chi connectivity index (χ0v) is 14.0. The Morgan fingerprint density at radius 2 is 1.71 bits per heavy atom. The molecule has 0 radical (unpaired) electrons. The van der Waals surface area contributed by atoms with Crippen LogP contribution in [0.3, 0.4) is 0 Å². The van der Waals surface area contributed by atoms with Crippen molar-refractivity contribution >= 4 is 10.0 Å². The highest BCUT2D eigenvalue weighted by atomic mass is 32.2. The first-order valence-electron chi connectivity index (χ1n) is 8.39. The van der Waals surface area contributed by atoms with E-state index in [0.29, 0.717) is 24.8 Å². The summed E-state index contributed by atoms with van der Waals surface area (Å²) in [6.45, 7) is 4.85. The van der Waals surface area contributed by atoms with Gasteiger partial charge in [-0.15, -0.1) is 0 Å². The highest BCUT2D eigenvalue weighted by Gasteiger charge is 2.31. The Kier molecular flexibility index (Phi) is 6.47. The van der Waals surface area contributed by atoms with Crippen LogP contribution in [0.4, 0.5) is 0 Å². The first-order valence-corrected chi connectivity index (χ1v) is 10.0. The molecule has 1 N–H and O–H groups in total. The predicted octanol–water partition coefficient (Wildman–Crippen LogP) is 1.28. The number of hydrogen-bond donors (Lipinski definition) is 1. The minimum atomic E-state index is -3.10. The maximum absolute atomic E-state index is 12.5. The van der Waals surface area contributed by atoms with E-state index in [1.807, 2.05) is 0 Å². The Morgan fingerprint density at radius 1 is 1.10 bits per heavy atom. The van der Waals surface area contributed by atoms with Gasteiger partial charge >= 0.3 is 0 Å². The molecule has 2 fully saturated rings. The lowest BCUT2D eigenvalue weighted by molar-refractivity contribution is 0.0879. The van der Waals surface area contributed by atoms with Crippen molar-refractivity contribution in [1.82, 2.24) is 9.21 Å². The van der Waals surface area contributed by atoms with Crippen molar-refractivity contribution in [2.45, 2.75) is 51.5 Å². The van der Waals surface area contributed by atoms with E-state index in [2.05, 4.69) is 11.8 Å². The van der Waals surface area contributed by atoms with E-state index in [4.69, 9.17) is 0 Å². The fourth-order valence-corrected chi connectivity index (χ4v) is 5.47. The minimum absolute atomic E-state index is 0.158. The molecular weight excluding hydrogens is 288 g/mol. The number of piperazine rings is 1. The smallest absolute Gasteiger partial charge is 0.214 e. The van der Waals surface area contributed by atoms with Gasteiger partial charge in [0.05, 0.1) is 12.4 Å². The van der Waals surface area contributed by atoms with Crippen LogP contribution in [0.2, 0.25) is 0 Å². The van der Waals surface area contributed by atoms with Crippen molar-refractivity contribution in [1.29, 1.82) is 0 Å². The van der Waals surface area contributed by atoms with Gasteiger partial charge < -0.3 is 5.11 Å². The number of aliphatic hydroxyl groups excluding tert-OH is 1. The maximum Gasteiger partial charge on any atom is 0.214 e. The van der Waals surface area contributed by atoms with Gasteiger partial charge in [0.25, 0.3) is 0 Å². The average Bonchev–Trinajstić information content (AvgIpc) is 2.50. The monoisotopic (exact) mass is 318 g/mol. The van der Waals surface area contributed by atoms with Crippen LogP contribution >= 0.6 is 0 Å². The van der Waals surface area contributed by atoms with Crippen LogP contribution in [0.5, 0.6) is 0 Å². The zero-order valence-electron chi connectivity index (χ0n) is 13.2. The van der Waals surface area contributed by atoms with Gasteiger partial charge in [0, 0.05) is 32.2 Å². The van der Waals surface area contributed by atoms with Crippen LogP contribution < -0.4 is 0 Å². The Morgan fingerprint density at radius 3 is 2.24 bits per heavy atom. The second-order valence-electron chi connectivity index (χ2n) is 6.46. The summed E-state index contributed by atoms with van der Waals surface area (Å²) in [4.78, 5) is 2.21. The van der Waals surface area contributed by atoms with Gasteiger partial charge in [-0.25, -0.2) is 8.42 Å². The lowest BCUT2D eigenvalue weighted by Gasteiger charge is -2.38. The van der Waals surface area contributed by atoms with E-state index in [9.17, 15) is 13.5 Å². The summed E-state index contributed by atoms with van der Waals surface area (Å²) in [5, 5.41) is 9.35. The van der Waals surface area contributed by atoms with Crippen LogP contribution in [0.1, 0.15) is 45.4 Å². The van der Waals surface area contributed by atoms with E-state index in [1.165, 1.54) is 19.3 Å². The van der Waals surface area contributed by atoms with Gasteiger partial charge in [0.1, 0.15) is 0 Å². The van der Waals surface area contributed by atoms with Crippen molar-refractivity contribution < 1.29 is 13.5 Å². The predicted molar refractivity (Wildman–Crippen MR) is 84.7 cm³/mol. The molecule has 1 saturated heterocycles. The molecule has 0 spiro atoms. The summed E-state index contributed by atoms with van der Waals surface area (Å²) in [6.07, 6.45) is 6.68. The molecule has 5 nitrogen and oxygen atoms in total. The Balaban J connectivity index is 1.85. The van der Waals surface area contributed by atoms with Gasteiger partial charge in [-0.2, -0.15) is 4.31 Å². The van der Waals surface area contributed by atoms with Crippen molar-refractivity contribution in [2.24, 2.45) is 5.92 Å². The fraction of sp³-hybridized carbons (Fsp3) is 1.00. The van der Waals surface area contributed by atoms with Gasteiger partial charge in [0.15, 0.2) is 0 Å². The molecule has 21 heavy (non-hydrogen) atoms. The quantitative estimate of drug-likeness (QED) is 0.801. The van der Waals surface area contributed by atoms with Crippen LogP contribution in [-0.2, 0) is 10.0 Å². The molecule has 1 aliphatic heterocycles. The lowest BCUT2D eigenvalue weighted by atomic mass is 9.91. The average molecular weight is 318 g/mol. The highest BCUT2D eigenvalue weighted by molar-refractivity contribution is 7.89. The first-order chi connectivity index (χ1) is 10.1.